The molecule has 6 heteroatoms. The smallest absolute Gasteiger partial charge is 0.259 e. The summed E-state index contributed by atoms with van der Waals surface area (Å²) in [6, 6.07) is 24.6. The molecule has 0 aromatic heterocycles. The highest BCUT2D eigenvalue weighted by Gasteiger charge is 2.26. The van der Waals surface area contributed by atoms with Crippen molar-refractivity contribution in [3.63, 3.8) is 0 Å². The minimum Gasteiger partial charge on any atom is -0.459 e. The zero-order valence-corrected chi connectivity index (χ0v) is 18.3. The van der Waals surface area contributed by atoms with Crippen molar-refractivity contribution in [1.82, 2.24) is 10.6 Å². The van der Waals surface area contributed by atoms with Crippen LogP contribution in [-0.2, 0) is 11.3 Å². The van der Waals surface area contributed by atoms with E-state index in [4.69, 9.17) is 10.00 Å². The molecule has 1 aliphatic carbocycles. The van der Waals surface area contributed by atoms with E-state index >= 15 is 0 Å². The standard InChI is InChI=1S/C28H21N3O3/c29-16-18-5-9-20(10-6-18)21-11-7-19(8-12-21)17-30-27(32)22-13-14-26-24(15-22)31-28(33)23-3-1-2-4-25(23)34-26/h1-12,15H,13-14,17H2,(H,30,32)(H,31,33). The van der Waals surface area contributed by atoms with Gasteiger partial charge in [0.2, 0.25) is 5.91 Å². The van der Waals surface area contributed by atoms with Gasteiger partial charge in [-0.2, -0.15) is 5.26 Å². The monoisotopic (exact) mass is 447 g/mol. The highest BCUT2D eigenvalue weighted by atomic mass is 16.5. The Morgan fingerprint density at radius 1 is 0.971 bits per heavy atom. The van der Waals surface area contributed by atoms with Gasteiger partial charge in [0, 0.05) is 18.5 Å². The Hall–Kier alpha value is -4.63. The fourth-order valence-electron chi connectivity index (χ4n) is 4.01. The van der Waals surface area contributed by atoms with Crippen LogP contribution >= 0.6 is 0 Å². The van der Waals surface area contributed by atoms with Gasteiger partial charge in [-0.1, -0.05) is 48.5 Å². The van der Waals surface area contributed by atoms with Gasteiger partial charge in [0.25, 0.3) is 5.91 Å². The van der Waals surface area contributed by atoms with E-state index in [9.17, 15) is 9.59 Å². The van der Waals surface area contributed by atoms with Crippen LogP contribution in [0.4, 0.5) is 0 Å². The topological polar surface area (TPSA) is 91.2 Å². The van der Waals surface area contributed by atoms with E-state index in [2.05, 4.69) is 16.7 Å². The summed E-state index contributed by atoms with van der Waals surface area (Å²) in [5.74, 6) is 0.767. The first-order valence-electron chi connectivity index (χ1n) is 11.0. The van der Waals surface area contributed by atoms with Crippen molar-refractivity contribution in [2.45, 2.75) is 19.4 Å². The molecule has 0 saturated carbocycles. The summed E-state index contributed by atoms with van der Waals surface area (Å²) in [6.45, 7) is 0.393. The van der Waals surface area contributed by atoms with Crippen molar-refractivity contribution in [2.75, 3.05) is 0 Å². The molecule has 6 nitrogen and oxygen atoms in total. The highest BCUT2D eigenvalue weighted by molar-refractivity contribution is 5.99. The van der Waals surface area contributed by atoms with Crippen molar-refractivity contribution in [3.05, 3.63) is 113 Å². The van der Waals surface area contributed by atoms with Crippen LogP contribution in [-0.4, -0.2) is 11.8 Å². The van der Waals surface area contributed by atoms with Crippen LogP contribution in [0.25, 0.3) is 11.1 Å². The van der Waals surface area contributed by atoms with Crippen LogP contribution in [0.1, 0.15) is 34.3 Å². The molecule has 0 bridgehead atoms. The van der Waals surface area contributed by atoms with Gasteiger partial charge in [-0.15, -0.1) is 0 Å². The number of carbonyl (C=O) groups excluding carboxylic acids is 2. The predicted octanol–water partition coefficient (Wildman–Crippen LogP) is 4.60. The lowest BCUT2D eigenvalue weighted by Gasteiger charge is -2.18. The lowest BCUT2D eigenvalue weighted by molar-refractivity contribution is -0.117. The molecule has 2 aliphatic rings. The Bertz CT molecular complexity index is 1380. The summed E-state index contributed by atoms with van der Waals surface area (Å²) in [6.07, 6.45) is 2.76. The fraction of sp³-hybridized carbons (Fsp3) is 0.107. The number of ether oxygens (including phenoxy) is 1. The predicted molar refractivity (Wildman–Crippen MR) is 127 cm³/mol. The maximum atomic E-state index is 12.8. The number of nitrogens with one attached hydrogen (secondary N) is 2. The van der Waals surface area contributed by atoms with Crippen molar-refractivity contribution < 1.29 is 14.3 Å². The van der Waals surface area contributed by atoms with Gasteiger partial charge in [0.1, 0.15) is 11.5 Å². The Balaban J connectivity index is 1.24. The van der Waals surface area contributed by atoms with Gasteiger partial charge in [0.15, 0.2) is 0 Å². The molecular weight excluding hydrogens is 426 g/mol. The number of hydrogen-bond acceptors (Lipinski definition) is 4. The quantitative estimate of drug-likeness (QED) is 0.612. The second kappa shape index (κ2) is 9.08. The van der Waals surface area contributed by atoms with E-state index in [0.717, 1.165) is 16.7 Å². The van der Waals surface area contributed by atoms with Crippen molar-refractivity contribution >= 4 is 11.8 Å². The molecule has 1 heterocycles. The maximum absolute atomic E-state index is 12.8. The van der Waals surface area contributed by atoms with E-state index in [1.807, 2.05) is 42.5 Å². The van der Waals surface area contributed by atoms with Gasteiger partial charge in [-0.25, -0.2) is 0 Å². The summed E-state index contributed by atoms with van der Waals surface area (Å²) in [5, 5.41) is 14.8. The summed E-state index contributed by atoms with van der Waals surface area (Å²) >= 11 is 0. The molecule has 3 aromatic carbocycles. The number of benzene rings is 3. The second-order valence-electron chi connectivity index (χ2n) is 8.13. The number of nitrogens with zero attached hydrogens (tertiary/aromatic N) is 1. The zero-order chi connectivity index (χ0) is 23.5. The number of carbonyl (C=O) groups is 2. The van der Waals surface area contributed by atoms with Gasteiger partial charge >= 0.3 is 0 Å². The van der Waals surface area contributed by atoms with Crippen LogP contribution in [0.3, 0.4) is 0 Å². The van der Waals surface area contributed by atoms with Crippen LogP contribution in [0.2, 0.25) is 0 Å². The second-order valence-corrected chi connectivity index (χ2v) is 8.13. The van der Waals surface area contributed by atoms with E-state index in [-0.39, 0.29) is 11.8 Å². The van der Waals surface area contributed by atoms with E-state index in [1.165, 1.54) is 0 Å². The lowest BCUT2D eigenvalue weighted by atomic mass is 10.00. The van der Waals surface area contributed by atoms with Crippen molar-refractivity contribution in [3.8, 4) is 22.9 Å². The Kier molecular flexibility index (Phi) is 5.67. The SMILES string of the molecule is N#Cc1ccc(-c2ccc(CNC(=O)C3=CC4=C(CC3)Oc3ccccc3C(=O)N4)cc2)cc1. The third-order valence-corrected chi connectivity index (χ3v) is 5.90. The maximum Gasteiger partial charge on any atom is 0.259 e. The van der Waals surface area contributed by atoms with Gasteiger partial charge in [-0.05, 0) is 53.5 Å². The van der Waals surface area contributed by atoms with E-state index in [0.29, 0.717) is 53.3 Å². The highest BCUT2D eigenvalue weighted by Crippen LogP contribution is 2.31. The fourth-order valence-corrected chi connectivity index (χ4v) is 4.01. The molecule has 166 valence electrons. The third kappa shape index (κ3) is 4.32. The number of allylic oxidation sites excluding steroid dienone is 2. The normalized spacial score (nSPS) is 14.4. The average Bonchev–Trinajstić information content (AvgIpc) is 3.03. The lowest BCUT2D eigenvalue weighted by Crippen LogP contribution is -2.28. The van der Waals surface area contributed by atoms with E-state index in [1.54, 1.807) is 36.4 Å². The van der Waals surface area contributed by atoms with Gasteiger partial charge in [0.05, 0.1) is 22.9 Å². The average molecular weight is 447 g/mol. The summed E-state index contributed by atoms with van der Waals surface area (Å²) in [7, 11) is 0. The molecular formula is C28H21N3O3. The molecule has 0 spiro atoms. The van der Waals surface area contributed by atoms with Gasteiger partial charge < -0.3 is 15.4 Å². The minimum absolute atomic E-state index is 0.168. The first kappa shape index (κ1) is 21.2. The molecule has 2 N–H and O–H groups in total. The number of amides is 2. The van der Waals surface area contributed by atoms with Gasteiger partial charge in [-0.3, -0.25) is 9.59 Å². The largest absolute Gasteiger partial charge is 0.459 e. The number of rotatable bonds is 4. The number of fused-ring (bicyclic) bond motifs is 1. The van der Waals surface area contributed by atoms with Crippen LogP contribution in [0.15, 0.2) is 95.9 Å². The summed E-state index contributed by atoms with van der Waals surface area (Å²) in [4.78, 5) is 25.3. The zero-order valence-electron chi connectivity index (χ0n) is 18.3. The number of nitriles is 1. The first-order chi connectivity index (χ1) is 16.6. The molecule has 0 fully saturated rings. The molecule has 3 aromatic rings. The Labute approximate surface area is 197 Å². The molecule has 0 saturated heterocycles. The summed E-state index contributed by atoms with van der Waals surface area (Å²) < 4.78 is 5.95. The number of para-hydroxylation sites is 1. The van der Waals surface area contributed by atoms with E-state index < -0.39 is 0 Å². The van der Waals surface area contributed by atoms with Crippen LogP contribution < -0.4 is 15.4 Å². The van der Waals surface area contributed by atoms with Crippen molar-refractivity contribution in [2.24, 2.45) is 0 Å². The Morgan fingerprint density at radius 3 is 2.41 bits per heavy atom. The Morgan fingerprint density at radius 2 is 1.68 bits per heavy atom. The summed E-state index contributed by atoms with van der Waals surface area (Å²) in [5.41, 5.74) is 5.28. The third-order valence-electron chi connectivity index (χ3n) is 5.90. The first-order valence-corrected chi connectivity index (χ1v) is 11.0. The molecule has 34 heavy (non-hydrogen) atoms. The van der Waals surface area contributed by atoms with Crippen LogP contribution in [0.5, 0.6) is 5.75 Å². The molecule has 5 rings (SSSR count). The number of hydrogen-bond donors (Lipinski definition) is 2. The molecule has 0 radical (unpaired) electrons. The molecule has 2 amide bonds. The minimum atomic E-state index is -0.249. The molecule has 1 aliphatic heterocycles. The van der Waals surface area contributed by atoms with Crippen molar-refractivity contribution in [1.29, 1.82) is 5.26 Å². The molecule has 0 unspecified atom stereocenters. The molecule has 0 atom stereocenters. The van der Waals surface area contributed by atoms with Crippen LogP contribution in [0, 0.1) is 11.3 Å².